The molecule has 0 radical (unpaired) electrons. The molecule has 132 valence electrons. The summed E-state index contributed by atoms with van der Waals surface area (Å²) in [5, 5.41) is 5.97. The molecule has 0 aliphatic heterocycles. The van der Waals surface area contributed by atoms with E-state index in [1.165, 1.54) is 17.8 Å². The van der Waals surface area contributed by atoms with Crippen LogP contribution in [0.15, 0.2) is 67.0 Å². The summed E-state index contributed by atoms with van der Waals surface area (Å²) < 4.78 is 13.6. The predicted molar refractivity (Wildman–Crippen MR) is 100 cm³/mol. The van der Waals surface area contributed by atoms with Crippen LogP contribution in [0.5, 0.6) is 0 Å². The van der Waals surface area contributed by atoms with E-state index < -0.39 is 0 Å². The number of carbonyl (C=O) groups is 1. The van der Waals surface area contributed by atoms with E-state index in [1.54, 1.807) is 30.5 Å². The Bertz CT molecular complexity index is 894. The molecule has 0 aliphatic rings. The summed E-state index contributed by atoms with van der Waals surface area (Å²) in [4.78, 5) is 16.4. The molecule has 0 saturated heterocycles. The number of nitrogens with one attached hydrogen (secondary N) is 2. The number of aromatic nitrogens is 1. The van der Waals surface area contributed by atoms with Crippen LogP contribution in [-0.4, -0.2) is 10.9 Å². The summed E-state index contributed by atoms with van der Waals surface area (Å²) in [6.45, 7) is 2.82. The molecule has 1 aromatic heterocycles. The van der Waals surface area contributed by atoms with E-state index in [9.17, 15) is 9.18 Å². The van der Waals surface area contributed by atoms with Gasteiger partial charge >= 0.3 is 0 Å². The topological polar surface area (TPSA) is 54.0 Å². The average molecular weight is 349 g/mol. The maximum absolute atomic E-state index is 13.6. The minimum Gasteiger partial charge on any atom is -0.380 e. The van der Waals surface area contributed by atoms with Crippen LogP contribution in [0.25, 0.3) is 0 Å². The van der Waals surface area contributed by atoms with Crippen LogP contribution in [-0.2, 0) is 13.1 Å². The van der Waals surface area contributed by atoms with Crippen LogP contribution in [0.1, 0.15) is 27.0 Å². The molecule has 4 nitrogen and oxygen atoms in total. The molecule has 1 amide bonds. The maximum atomic E-state index is 13.6. The summed E-state index contributed by atoms with van der Waals surface area (Å²) in [6, 6.07) is 16.3. The van der Waals surface area contributed by atoms with Crippen LogP contribution in [0.3, 0.4) is 0 Å². The quantitative estimate of drug-likeness (QED) is 0.705. The summed E-state index contributed by atoms with van der Waals surface area (Å²) in [5.74, 6) is -0.626. The molecule has 3 rings (SSSR count). The van der Waals surface area contributed by atoms with Crippen molar-refractivity contribution in [2.45, 2.75) is 20.0 Å². The highest BCUT2D eigenvalue weighted by Gasteiger charge is 2.08. The molecule has 0 unspecified atom stereocenters. The van der Waals surface area contributed by atoms with E-state index in [0.717, 1.165) is 11.3 Å². The Balaban J connectivity index is 1.60. The fraction of sp³-hybridized carbons (Fsp3) is 0.143. The zero-order valence-electron chi connectivity index (χ0n) is 14.5. The Morgan fingerprint density at radius 1 is 1.04 bits per heavy atom. The molecule has 5 heteroatoms. The Morgan fingerprint density at radius 2 is 1.81 bits per heavy atom. The van der Waals surface area contributed by atoms with Gasteiger partial charge in [0.2, 0.25) is 0 Å². The third-order valence-corrected chi connectivity index (χ3v) is 4.01. The number of benzene rings is 2. The number of carbonyl (C=O) groups excluding carboxylic acids is 1. The van der Waals surface area contributed by atoms with Crippen molar-refractivity contribution in [3.8, 4) is 0 Å². The highest BCUT2D eigenvalue weighted by Crippen LogP contribution is 2.12. The summed E-state index contributed by atoms with van der Waals surface area (Å²) >= 11 is 0. The van der Waals surface area contributed by atoms with Crippen molar-refractivity contribution >= 4 is 11.6 Å². The van der Waals surface area contributed by atoms with Crippen molar-refractivity contribution < 1.29 is 9.18 Å². The Labute approximate surface area is 152 Å². The van der Waals surface area contributed by atoms with E-state index in [2.05, 4.69) is 39.9 Å². The van der Waals surface area contributed by atoms with Gasteiger partial charge in [-0.15, -0.1) is 0 Å². The summed E-state index contributed by atoms with van der Waals surface area (Å²) in [5.41, 5.74) is 3.98. The lowest BCUT2D eigenvalue weighted by Gasteiger charge is -2.09. The molecule has 2 N–H and O–H groups in total. The molecule has 0 saturated carbocycles. The molecule has 0 fully saturated rings. The predicted octanol–water partition coefficient (Wildman–Crippen LogP) is 4.07. The molecule has 3 aromatic rings. The molecule has 1 heterocycles. The van der Waals surface area contributed by atoms with Gasteiger partial charge in [-0.05, 0) is 24.6 Å². The van der Waals surface area contributed by atoms with Crippen molar-refractivity contribution in [3.05, 3.63) is 95.1 Å². The summed E-state index contributed by atoms with van der Waals surface area (Å²) in [6.07, 6.45) is 3.16. The van der Waals surface area contributed by atoms with Crippen LogP contribution < -0.4 is 10.6 Å². The van der Waals surface area contributed by atoms with Crippen molar-refractivity contribution in [1.82, 2.24) is 10.3 Å². The number of amides is 1. The van der Waals surface area contributed by atoms with Gasteiger partial charge in [0.25, 0.3) is 5.91 Å². The van der Waals surface area contributed by atoms with Crippen LogP contribution in [0.2, 0.25) is 0 Å². The zero-order chi connectivity index (χ0) is 18.4. The normalized spacial score (nSPS) is 10.4. The zero-order valence-corrected chi connectivity index (χ0v) is 14.5. The van der Waals surface area contributed by atoms with Crippen molar-refractivity contribution in [2.75, 3.05) is 5.32 Å². The van der Waals surface area contributed by atoms with Gasteiger partial charge in [-0.2, -0.15) is 0 Å². The second-order valence-corrected chi connectivity index (χ2v) is 6.08. The molecular formula is C21H20FN3O. The third kappa shape index (κ3) is 4.66. The molecule has 0 bridgehead atoms. The van der Waals surface area contributed by atoms with Crippen LogP contribution in [0, 0.1) is 12.7 Å². The van der Waals surface area contributed by atoms with Gasteiger partial charge < -0.3 is 10.6 Å². The van der Waals surface area contributed by atoms with Gasteiger partial charge in [0.15, 0.2) is 0 Å². The number of aryl methyl sites for hydroxylation is 1. The number of pyridine rings is 1. The smallest absolute Gasteiger partial charge is 0.253 e. The van der Waals surface area contributed by atoms with E-state index >= 15 is 0 Å². The molecule has 0 aliphatic carbocycles. The minimum atomic E-state index is -0.334. The maximum Gasteiger partial charge on any atom is 0.253 e. The second kappa shape index (κ2) is 8.25. The molecule has 2 aromatic carbocycles. The molecular weight excluding hydrogens is 329 g/mol. The minimum absolute atomic E-state index is 0.131. The number of hydrogen-bond acceptors (Lipinski definition) is 3. The number of rotatable bonds is 6. The molecule has 0 spiro atoms. The lowest BCUT2D eigenvalue weighted by Crippen LogP contribution is -2.23. The van der Waals surface area contributed by atoms with Gasteiger partial charge in [0.05, 0.1) is 11.3 Å². The van der Waals surface area contributed by atoms with Gasteiger partial charge in [-0.25, -0.2) is 4.39 Å². The number of halogens is 1. The van der Waals surface area contributed by atoms with Crippen molar-refractivity contribution in [1.29, 1.82) is 0 Å². The van der Waals surface area contributed by atoms with Gasteiger partial charge in [-0.1, -0.05) is 48.0 Å². The van der Waals surface area contributed by atoms with Crippen LogP contribution in [0.4, 0.5) is 10.1 Å². The van der Waals surface area contributed by atoms with Gasteiger partial charge in [0, 0.05) is 31.0 Å². The first-order valence-electron chi connectivity index (χ1n) is 8.38. The van der Waals surface area contributed by atoms with Gasteiger partial charge in [-0.3, -0.25) is 9.78 Å². The Kier molecular flexibility index (Phi) is 5.59. The third-order valence-electron chi connectivity index (χ3n) is 4.01. The standard InChI is InChI=1S/C21H20FN3O/c1-15-6-8-16(9-7-15)11-24-19-10-18(12-23-14-19)21(26)25-13-17-4-2-3-5-20(17)22/h2-10,12,14,24H,11,13H2,1H3,(H,25,26). The highest BCUT2D eigenvalue weighted by atomic mass is 19.1. The lowest BCUT2D eigenvalue weighted by atomic mass is 10.1. The summed E-state index contributed by atoms with van der Waals surface area (Å²) in [7, 11) is 0. The van der Waals surface area contributed by atoms with Crippen LogP contribution >= 0.6 is 0 Å². The SMILES string of the molecule is Cc1ccc(CNc2cncc(C(=O)NCc3ccccc3F)c2)cc1. The van der Waals surface area contributed by atoms with E-state index in [4.69, 9.17) is 0 Å². The Hall–Kier alpha value is -3.21. The molecule has 0 atom stereocenters. The van der Waals surface area contributed by atoms with E-state index in [1.807, 2.05) is 6.92 Å². The van der Waals surface area contributed by atoms with Crippen molar-refractivity contribution in [2.24, 2.45) is 0 Å². The lowest BCUT2D eigenvalue weighted by molar-refractivity contribution is 0.0950. The fourth-order valence-corrected chi connectivity index (χ4v) is 2.49. The number of hydrogen-bond donors (Lipinski definition) is 2. The first-order valence-corrected chi connectivity index (χ1v) is 8.38. The van der Waals surface area contributed by atoms with E-state index in [-0.39, 0.29) is 18.3 Å². The molecule has 26 heavy (non-hydrogen) atoms. The largest absolute Gasteiger partial charge is 0.380 e. The first kappa shape index (κ1) is 17.6. The van der Waals surface area contributed by atoms with E-state index in [0.29, 0.717) is 17.7 Å². The fourth-order valence-electron chi connectivity index (χ4n) is 2.49. The van der Waals surface area contributed by atoms with Crippen molar-refractivity contribution in [3.63, 3.8) is 0 Å². The highest BCUT2D eigenvalue weighted by molar-refractivity contribution is 5.94. The average Bonchev–Trinajstić information content (AvgIpc) is 2.67. The first-order chi connectivity index (χ1) is 12.6. The Morgan fingerprint density at radius 3 is 2.58 bits per heavy atom. The monoisotopic (exact) mass is 349 g/mol. The number of anilines is 1. The number of nitrogens with zero attached hydrogens (tertiary/aromatic N) is 1. The second-order valence-electron chi connectivity index (χ2n) is 6.08. The van der Waals surface area contributed by atoms with Gasteiger partial charge in [0.1, 0.15) is 5.82 Å².